The summed E-state index contributed by atoms with van der Waals surface area (Å²) in [5.41, 5.74) is 3.88. The maximum Gasteiger partial charge on any atom is 0.254 e. The van der Waals surface area contributed by atoms with E-state index in [-0.39, 0.29) is 24.3 Å². The first-order valence-corrected chi connectivity index (χ1v) is 12.8. The van der Waals surface area contributed by atoms with Crippen LogP contribution in [-0.2, 0) is 17.9 Å². The summed E-state index contributed by atoms with van der Waals surface area (Å²) in [6.07, 6.45) is 3.90. The zero-order chi connectivity index (χ0) is 26.1. The molecule has 3 rings (SSSR count). The Morgan fingerprint density at radius 3 is 2.42 bits per heavy atom. The number of unbranched alkanes of at least 4 members (excludes halogenated alkanes) is 1. The molecule has 6 heteroatoms. The van der Waals surface area contributed by atoms with Gasteiger partial charge in [-0.2, -0.15) is 0 Å². The van der Waals surface area contributed by atoms with E-state index in [0.29, 0.717) is 25.2 Å². The molecule has 0 aliphatic rings. The average Bonchev–Trinajstić information content (AvgIpc) is 3.27. The maximum atomic E-state index is 13.5. The van der Waals surface area contributed by atoms with Gasteiger partial charge in [-0.3, -0.25) is 9.59 Å². The van der Waals surface area contributed by atoms with E-state index in [1.54, 1.807) is 4.90 Å². The highest BCUT2D eigenvalue weighted by molar-refractivity contribution is 5.96. The normalized spacial score (nSPS) is 11.1. The summed E-state index contributed by atoms with van der Waals surface area (Å²) in [4.78, 5) is 30.2. The summed E-state index contributed by atoms with van der Waals surface area (Å²) in [5, 5.41) is 0. The lowest BCUT2D eigenvalue weighted by molar-refractivity contribution is -0.132. The van der Waals surface area contributed by atoms with Crippen LogP contribution in [0.2, 0.25) is 0 Å². The highest BCUT2D eigenvalue weighted by Crippen LogP contribution is 2.15. The van der Waals surface area contributed by atoms with Crippen molar-refractivity contribution in [3.05, 3.63) is 95.1 Å². The molecular weight excluding hydrogens is 453 g/mol. The number of halogens is 1. The average molecular weight is 492 g/mol. The minimum Gasteiger partial charge on any atom is -0.345 e. The Bertz CT molecular complexity index is 1140. The van der Waals surface area contributed by atoms with Gasteiger partial charge in [0.1, 0.15) is 12.4 Å². The van der Waals surface area contributed by atoms with Gasteiger partial charge in [-0.15, -0.1) is 0 Å². The number of aromatic nitrogens is 1. The van der Waals surface area contributed by atoms with E-state index in [2.05, 4.69) is 48.7 Å². The number of rotatable bonds is 12. The number of hydrogen-bond donors (Lipinski definition) is 0. The smallest absolute Gasteiger partial charge is 0.254 e. The van der Waals surface area contributed by atoms with Crippen molar-refractivity contribution in [2.75, 3.05) is 19.6 Å². The van der Waals surface area contributed by atoms with Gasteiger partial charge >= 0.3 is 0 Å². The van der Waals surface area contributed by atoms with Crippen LogP contribution in [-0.4, -0.2) is 45.8 Å². The summed E-state index contributed by atoms with van der Waals surface area (Å²) in [6.45, 7) is 10.5. The van der Waals surface area contributed by atoms with Crippen molar-refractivity contribution in [3.63, 3.8) is 0 Å². The lowest BCUT2D eigenvalue weighted by atomic mass is 10.1. The Morgan fingerprint density at radius 2 is 1.75 bits per heavy atom. The number of benzene rings is 2. The van der Waals surface area contributed by atoms with E-state index >= 15 is 0 Å². The zero-order valence-electron chi connectivity index (χ0n) is 21.9. The molecule has 0 aliphatic heterocycles. The van der Waals surface area contributed by atoms with Gasteiger partial charge in [0.05, 0.1) is 6.54 Å². The van der Waals surface area contributed by atoms with Crippen molar-refractivity contribution in [3.8, 4) is 0 Å². The molecule has 192 valence electrons. The first kappa shape index (κ1) is 27.2. The van der Waals surface area contributed by atoms with Crippen LogP contribution in [0.3, 0.4) is 0 Å². The molecule has 0 radical (unpaired) electrons. The van der Waals surface area contributed by atoms with Gasteiger partial charge in [0, 0.05) is 37.1 Å². The Hall–Kier alpha value is -3.41. The monoisotopic (exact) mass is 491 g/mol. The maximum absolute atomic E-state index is 13.5. The Morgan fingerprint density at radius 1 is 1.00 bits per heavy atom. The standard InChI is InChI=1S/C30H38FN3O2/c1-5-6-16-33(21-28-11-8-17-32(28)20-25-10-7-9-24(4)18-25)29(35)22-34(19-23(2)3)30(36)26-12-14-27(31)15-13-26/h7-15,17-18,23H,5-6,16,19-22H2,1-4H3. The predicted molar refractivity (Wildman–Crippen MR) is 142 cm³/mol. The summed E-state index contributed by atoms with van der Waals surface area (Å²) in [7, 11) is 0. The van der Waals surface area contributed by atoms with Crippen molar-refractivity contribution in [1.29, 1.82) is 0 Å². The topological polar surface area (TPSA) is 45.6 Å². The van der Waals surface area contributed by atoms with Gasteiger partial charge in [0.15, 0.2) is 0 Å². The van der Waals surface area contributed by atoms with Gasteiger partial charge in [-0.25, -0.2) is 4.39 Å². The summed E-state index contributed by atoms with van der Waals surface area (Å²) in [5.74, 6) is -0.534. The van der Waals surface area contributed by atoms with Gasteiger partial charge < -0.3 is 14.4 Å². The van der Waals surface area contributed by atoms with E-state index in [4.69, 9.17) is 0 Å². The van der Waals surface area contributed by atoms with Crippen molar-refractivity contribution < 1.29 is 14.0 Å². The molecule has 5 nitrogen and oxygen atoms in total. The third-order valence-corrected chi connectivity index (χ3v) is 6.14. The number of aryl methyl sites for hydroxylation is 1. The van der Waals surface area contributed by atoms with Gasteiger partial charge in [-0.05, 0) is 61.2 Å². The fraction of sp³-hybridized carbons (Fsp3) is 0.400. The highest BCUT2D eigenvalue weighted by Gasteiger charge is 2.24. The first-order valence-electron chi connectivity index (χ1n) is 12.8. The fourth-order valence-electron chi connectivity index (χ4n) is 4.29. The molecular formula is C30H38FN3O2. The molecule has 0 aliphatic carbocycles. The van der Waals surface area contributed by atoms with Crippen LogP contribution in [0.5, 0.6) is 0 Å². The number of carbonyl (C=O) groups excluding carboxylic acids is 2. The number of carbonyl (C=O) groups is 2. The second-order valence-electron chi connectivity index (χ2n) is 9.87. The van der Waals surface area contributed by atoms with Crippen LogP contribution in [0.4, 0.5) is 4.39 Å². The summed E-state index contributed by atoms with van der Waals surface area (Å²) >= 11 is 0. The highest BCUT2D eigenvalue weighted by atomic mass is 19.1. The minimum absolute atomic E-state index is 0.00328. The molecule has 0 fully saturated rings. The second kappa shape index (κ2) is 13.1. The largest absolute Gasteiger partial charge is 0.345 e. The van der Waals surface area contributed by atoms with Crippen LogP contribution in [0.1, 0.15) is 60.8 Å². The van der Waals surface area contributed by atoms with Crippen LogP contribution in [0.15, 0.2) is 66.9 Å². The quantitative estimate of drug-likeness (QED) is 0.316. The third kappa shape index (κ3) is 7.80. The van der Waals surface area contributed by atoms with Crippen LogP contribution >= 0.6 is 0 Å². The molecule has 2 aromatic carbocycles. The molecule has 0 N–H and O–H groups in total. The van der Waals surface area contributed by atoms with E-state index in [1.165, 1.54) is 35.4 Å². The fourth-order valence-corrected chi connectivity index (χ4v) is 4.29. The van der Waals surface area contributed by atoms with E-state index in [9.17, 15) is 14.0 Å². The number of nitrogens with zero attached hydrogens (tertiary/aromatic N) is 3. The summed E-state index contributed by atoms with van der Waals surface area (Å²) < 4.78 is 15.6. The molecule has 1 aromatic heterocycles. The van der Waals surface area contributed by atoms with E-state index in [0.717, 1.165) is 25.1 Å². The first-order chi connectivity index (χ1) is 17.3. The van der Waals surface area contributed by atoms with Crippen LogP contribution in [0, 0.1) is 18.7 Å². The van der Waals surface area contributed by atoms with Crippen LogP contribution in [0.25, 0.3) is 0 Å². The van der Waals surface area contributed by atoms with Crippen molar-refractivity contribution >= 4 is 11.8 Å². The molecule has 36 heavy (non-hydrogen) atoms. The lowest BCUT2D eigenvalue weighted by Gasteiger charge is -2.29. The number of amides is 2. The molecule has 0 spiro atoms. The van der Waals surface area contributed by atoms with Gasteiger partial charge in [-0.1, -0.05) is 57.0 Å². The third-order valence-electron chi connectivity index (χ3n) is 6.14. The zero-order valence-corrected chi connectivity index (χ0v) is 21.9. The Balaban J connectivity index is 1.77. The molecule has 3 aromatic rings. The van der Waals surface area contributed by atoms with Crippen molar-refractivity contribution in [2.24, 2.45) is 5.92 Å². The molecule has 1 heterocycles. The molecule has 0 unspecified atom stereocenters. The van der Waals surface area contributed by atoms with Crippen LogP contribution < -0.4 is 0 Å². The Labute approximate surface area is 214 Å². The van der Waals surface area contributed by atoms with Crippen molar-refractivity contribution in [1.82, 2.24) is 14.4 Å². The van der Waals surface area contributed by atoms with Crippen molar-refractivity contribution in [2.45, 2.75) is 53.6 Å². The molecule has 0 atom stereocenters. The number of hydrogen-bond acceptors (Lipinski definition) is 2. The minimum atomic E-state index is -0.391. The van der Waals surface area contributed by atoms with E-state index in [1.807, 2.05) is 31.0 Å². The second-order valence-corrected chi connectivity index (χ2v) is 9.87. The van der Waals surface area contributed by atoms with E-state index < -0.39 is 5.82 Å². The SMILES string of the molecule is CCCCN(Cc1cccn1Cc1cccc(C)c1)C(=O)CN(CC(C)C)C(=O)c1ccc(F)cc1. The summed E-state index contributed by atoms with van der Waals surface area (Å²) in [6, 6.07) is 18.0. The molecule has 0 bridgehead atoms. The Kier molecular flexibility index (Phi) is 9.86. The lowest BCUT2D eigenvalue weighted by Crippen LogP contribution is -2.44. The molecule has 2 amide bonds. The predicted octanol–water partition coefficient (Wildman–Crippen LogP) is 5.91. The van der Waals surface area contributed by atoms with Gasteiger partial charge in [0.2, 0.25) is 5.91 Å². The van der Waals surface area contributed by atoms with Gasteiger partial charge in [0.25, 0.3) is 5.91 Å². The molecule has 0 saturated heterocycles. The molecule has 0 saturated carbocycles.